The molecule has 0 radical (unpaired) electrons. The highest BCUT2D eigenvalue weighted by atomic mass is 16.7. The number of aromatic nitrogens is 2. The van der Waals surface area contributed by atoms with Gasteiger partial charge in [-0.15, -0.1) is 0 Å². The van der Waals surface area contributed by atoms with Crippen LogP contribution in [0.2, 0.25) is 0 Å². The van der Waals surface area contributed by atoms with Gasteiger partial charge in [0.25, 0.3) is 11.5 Å². The summed E-state index contributed by atoms with van der Waals surface area (Å²) < 4.78 is 22.8. The third-order valence-electron chi connectivity index (χ3n) is 4.70. The lowest BCUT2D eigenvalue weighted by Gasteiger charge is -2.14. The molecule has 0 saturated carbocycles. The molecule has 0 spiro atoms. The van der Waals surface area contributed by atoms with Gasteiger partial charge in [-0.3, -0.25) is 9.59 Å². The molecule has 1 aliphatic rings. The standard InChI is InChI=1S/C23H23N3O7/c27-16(14-31-18-6-8-20-21(12-18)33-15-32-20)13-24-23(29)19-7-9-22(28)26(25-19)10-11-30-17-4-2-1-3-5-17/h1-9,12,16,27H,10-11,13-15H2,(H,24,29). The summed E-state index contributed by atoms with van der Waals surface area (Å²) in [5.41, 5.74) is -0.293. The van der Waals surface area contributed by atoms with Crippen LogP contribution >= 0.6 is 0 Å². The van der Waals surface area contributed by atoms with Crippen molar-refractivity contribution < 1.29 is 28.8 Å². The molecule has 172 valence electrons. The average molecular weight is 453 g/mol. The van der Waals surface area contributed by atoms with Crippen LogP contribution in [0.1, 0.15) is 10.5 Å². The van der Waals surface area contributed by atoms with Crippen LogP contribution in [0, 0.1) is 0 Å². The van der Waals surface area contributed by atoms with Gasteiger partial charge in [0.2, 0.25) is 6.79 Å². The predicted molar refractivity (Wildman–Crippen MR) is 117 cm³/mol. The Hall–Kier alpha value is -4.05. The number of hydrogen-bond donors (Lipinski definition) is 2. The van der Waals surface area contributed by atoms with Gasteiger partial charge in [-0.05, 0) is 30.3 Å². The Balaban J connectivity index is 1.24. The number of nitrogens with one attached hydrogen (secondary N) is 1. The van der Waals surface area contributed by atoms with Gasteiger partial charge in [0.15, 0.2) is 11.5 Å². The van der Waals surface area contributed by atoms with E-state index in [1.54, 1.807) is 18.2 Å². The molecule has 0 fully saturated rings. The molecule has 4 rings (SSSR count). The zero-order chi connectivity index (χ0) is 23.0. The topological polar surface area (TPSA) is 121 Å². The third-order valence-corrected chi connectivity index (χ3v) is 4.70. The van der Waals surface area contributed by atoms with E-state index in [4.69, 9.17) is 18.9 Å². The van der Waals surface area contributed by atoms with Crippen molar-refractivity contribution in [2.45, 2.75) is 12.6 Å². The van der Waals surface area contributed by atoms with E-state index in [2.05, 4.69) is 10.4 Å². The van der Waals surface area contributed by atoms with Crippen molar-refractivity contribution in [3.63, 3.8) is 0 Å². The Kier molecular flexibility index (Phi) is 7.06. The fourth-order valence-electron chi connectivity index (χ4n) is 3.02. The van der Waals surface area contributed by atoms with Crippen molar-refractivity contribution in [2.75, 3.05) is 26.6 Å². The first-order valence-electron chi connectivity index (χ1n) is 10.3. The maximum Gasteiger partial charge on any atom is 0.271 e. The van der Waals surface area contributed by atoms with Crippen molar-refractivity contribution in [3.05, 3.63) is 76.7 Å². The molecule has 10 heteroatoms. The highest BCUT2D eigenvalue weighted by Crippen LogP contribution is 2.35. The van der Waals surface area contributed by atoms with Crippen LogP contribution < -0.4 is 29.8 Å². The minimum atomic E-state index is -0.954. The molecular weight excluding hydrogens is 430 g/mol. The summed E-state index contributed by atoms with van der Waals surface area (Å²) in [6.07, 6.45) is -0.954. The first kappa shape index (κ1) is 22.2. The first-order chi connectivity index (χ1) is 16.1. The third kappa shape index (κ3) is 6.01. The van der Waals surface area contributed by atoms with E-state index >= 15 is 0 Å². The summed E-state index contributed by atoms with van der Waals surface area (Å²) in [6.45, 7) is 0.471. The van der Waals surface area contributed by atoms with E-state index in [1.165, 1.54) is 12.1 Å². The summed E-state index contributed by atoms with van der Waals surface area (Å²) in [5.74, 6) is 1.88. The smallest absolute Gasteiger partial charge is 0.271 e. The Morgan fingerprint density at radius 2 is 1.88 bits per heavy atom. The monoisotopic (exact) mass is 453 g/mol. The molecule has 2 aromatic carbocycles. The molecule has 1 amide bonds. The Morgan fingerprint density at radius 3 is 2.73 bits per heavy atom. The predicted octanol–water partition coefficient (Wildman–Crippen LogP) is 1.22. The Morgan fingerprint density at radius 1 is 1.06 bits per heavy atom. The number of para-hydroxylation sites is 1. The lowest BCUT2D eigenvalue weighted by Crippen LogP contribution is -2.37. The zero-order valence-electron chi connectivity index (χ0n) is 17.7. The number of nitrogens with zero attached hydrogens (tertiary/aromatic N) is 2. The average Bonchev–Trinajstić information content (AvgIpc) is 3.31. The summed E-state index contributed by atoms with van der Waals surface area (Å²) in [5, 5.41) is 16.8. The minimum absolute atomic E-state index is 0.0380. The van der Waals surface area contributed by atoms with Crippen molar-refractivity contribution in [2.24, 2.45) is 0 Å². The molecular formula is C23H23N3O7. The van der Waals surface area contributed by atoms with E-state index < -0.39 is 12.0 Å². The van der Waals surface area contributed by atoms with Gasteiger partial charge in [0.05, 0.1) is 6.54 Å². The number of carbonyl (C=O) groups is 1. The first-order valence-corrected chi connectivity index (χ1v) is 10.3. The largest absolute Gasteiger partial charge is 0.492 e. The van der Waals surface area contributed by atoms with Gasteiger partial charge in [0.1, 0.15) is 36.5 Å². The summed E-state index contributed by atoms with van der Waals surface area (Å²) in [6, 6.07) is 16.9. The zero-order valence-corrected chi connectivity index (χ0v) is 17.7. The number of carbonyl (C=O) groups excluding carboxylic acids is 1. The van der Waals surface area contributed by atoms with Crippen LogP contribution in [0.5, 0.6) is 23.0 Å². The molecule has 1 aromatic heterocycles. The van der Waals surface area contributed by atoms with E-state index in [0.717, 1.165) is 4.68 Å². The van der Waals surface area contributed by atoms with Crippen LogP contribution in [0.3, 0.4) is 0 Å². The van der Waals surface area contributed by atoms with Crippen molar-refractivity contribution >= 4 is 5.91 Å². The molecule has 2 heterocycles. The van der Waals surface area contributed by atoms with E-state index in [0.29, 0.717) is 23.0 Å². The molecule has 0 saturated heterocycles. The number of aliphatic hydroxyl groups is 1. The molecule has 3 aromatic rings. The van der Waals surface area contributed by atoms with Crippen molar-refractivity contribution in [1.29, 1.82) is 0 Å². The molecule has 1 unspecified atom stereocenters. The van der Waals surface area contributed by atoms with Gasteiger partial charge < -0.3 is 29.4 Å². The van der Waals surface area contributed by atoms with Crippen LogP contribution in [0.15, 0.2) is 65.5 Å². The SMILES string of the molecule is O=C(NCC(O)COc1ccc2c(c1)OCO2)c1ccc(=O)n(CCOc2ccccc2)n1. The summed E-state index contributed by atoms with van der Waals surface area (Å²) >= 11 is 0. The second kappa shape index (κ2) is 10.5. The fourth-order valence-corrected chi connectivity index (χ4v) is 3.02. The number of hydrogen-bond acceptors (Lipinski definition) is 8. The number of aliphatic hydroxyl groups excluding tert-OH is 1. The maximum absolute atomic E-state index is 12.4. The second-order valence-electron chi connectivity index (χ2n) is 7.13. The molecule has 1 aliphatic heterocycles. The van der Waals surface area contributed by atoms with E-state index in [1.807, 2.05) is 30.3 Å². The van der Waals surface area contributed by atoms with Gasteiger partial charge in [-0.25, -0.2) is 4.68 Å². The number of benzene rings is 2. The number of amides is 1. The van der Waals surface area contributed by atoms with Gasteiger partial charge in [-0.2, -0.15) is 5.10 Å². The van der Waals surface area contributed by atoms with Gasteiger partial charge >= 0.3 is 0 Å². The lowest BCUT2D eigenvalue weighted by molar-refractivity contribution is 0.0837. The lowest BCUT2D eigenvalue weighted by atomic mass is 10.3. The van der Waals surface area contributed by atoms with Crippen LogP contribution in [0.25, 0.3) is 0 Å². The highest BCUT2D eigenvalue weighted by Gasteiger charge is 2.15. The van der Waals surface area contributed by atoms with Crippen LogP contribution in [-0.2, 0) is 6.54 Å². The van der Waals surface area contributed by atoms with Crippen molar-refractivity contribution in [3.8, 4) is 23.0 Å². The van der Waals surface area contributed by atoms with Crippen LogP contribution in [0.4, 0.5) is 0 Å². The number of fused-ring (bicyclic) bond motifs is 1. The Bertz CT molecular complexity index is 1150. The molecule has 0 aliphatic carbocycles. The normalized spacial score (nSPS) is 12.8. The molecule has 2 N–H and O–H groups in total. The molecule has 1 atom stereocenters. The number of ether oxygens (including phenoxy) is 4. The second-order valence-corrected chi connectivity index (χ2v) is 7.13. The minimum Gasteiger partial charge on any atom is -0.492 e. The Labute approximate surface area is 189 Å². The molecule has 0 bridgehead atoms. The van der Waals surface area contributed by atoms with E-state index in [9.17, 15) is 14.7 Å². The summed E-state index contributed by atoms with van der Waals surface area (Å²) in [7, 11) is 0. The quantitative estimate of drug-likeness (QED) is 0.470. The van der Waals surface area contributed by atoms with E-state index in [-0.39, 0.29) is 44.3 Å². The van der Waals surface area contributed by atoms with Gasteiger partial charge in [-0.1, -0.05) is 18.2 Å². The maximum atomic E-state index is 12.4. The fraction of sp³-hybridized carbons (Fsp3) is 0.261. The molecule has 10 nitrogen and oxygen atoms in total. The molecule has 33 heavy (non-hydrogen) atoms. The summed E-state index contributed by atoms with van der Waals surface area (Å²) in [4.78, 5) is 24.4. The number of rotatable bonds is 10. The van der Waals surface area contributed by atoms with Gasteiger partial charge in [0, 0.05) is 18.7 Å². The van der Waals surface area contributed by atoms with Crippen molar-refractivity contribution in [1.82, 2.24) is 15.1 Å². The van der Waals surface area contributed by atoms with Crippen LogP contribution in [-0.4, -0.2) is 53.4 Å². The highest BCUT2D eigenvalue weighted by molar-refractivity contribution is 5.92.